The van der Waals surface area contributed by atoms with Gasteiger partial charge < -0.3 is 5.32 Å². The average molecular weight is 274 g/mol. The van der Waals surface area contributed by atoms with Crippen LogP contribution in [-0.4, -0.2) is 11.5 Å². The van der Waals surface area contributed by atoms with Gasteiger partial charge in [-0.3, -0.25) is 0 Å². The third kappa shape index (κ3) is 3.08. The van der Waals surface area contributed by atoms with Crippen LogP contribution in [0.4, 0.5) is 5.13 Å². The van der Waals surface area contributed by atoms with Crippen LogP contribution in [0.5, 0.6) is 0 Å². The monoisotopic (exact) mass is 274 g/mol. The first-order chi connectivity index (χ1) is 9.20. The van der Waals surface area contributed by atoms with Gasteiger partial charge in [0, 0.05) is 6.54 Å². The van der Waals surface area contributed by atoms with Crippen LogP contribution in [0.25, 0.3) is 10.2 Å². The largest absolute Gasteiger partial charge is 0.361 e. The Hall–Kier alpha value is -1.09. The van der Waals surface area contributed by atoms with Crippen molar-refractivity contribution in [3.05, 3.63) is 23.8 Å². The number of hydrogen-bond donors (Lipinski definition) is 1. The van der Waals surface area contributed by atoms with Crippen molar-refractivity contribution in [3.8, 4) is 0 Å². The standard InChI is InChI=1S/C16H22N2S/c1-11-3-6-13(7-4-11)10-17-16-18-14-9-12(2)5-8-15(14)19-16/h5,8-9,11,13H,3-4,6-7,10H2,1-2H3,(H,17,18). The van der Waals surface area contributed by atoms with Gasteiger partial charge in [-0.15, -0.1) is 0 Å². The van der Waals surface area contributed by atoms with Crippen molar-refractivity contribution in [1.82, 2.24) is 4.98 Å². The van der Waals surface area contributed by atoms with E-state index in [9.17, 15) is 0 Å². The van der Waals surface area contributed by atoms with Gasteiger partial charge >= 0.3 is 0 Å². The minimum atomic E-state index is 0.838. The Balaban J connectivity index is 1.62. The van der Waals surface area contributed by atoms with Crippen LogP contribution < -0.4 is 5.32 Å². The first-order valence-electron chi connectivity index (χ1n) is 7.32. The predicted molar refractivity (Wildman–Crippen MR) is 84.0 cm³/mol. The molecule has 3 heteroatoms. The van der Waals surface area contributed by atoms with E-state index in [0.717, 1.165) is 29.0 Å². The Morgan fingerprint density at radius 1 is 1.26 bits per heavy atom. The van der Waals surface area contributed by atoms with Gasteiger partial charge in [-0.2, -0.15) is 0 Å². The lowest BCUT2D eigenvalue weighted by Crippen LogP contribution is -2.20. The predicted octanol–water partition coefficient (Wildman–Crippen LogP) is 4.84. The van der Waals surface area contributed by atoms with Crippen molar-refractivity contribution in [2.24, 2.45) is 11.8 Å². The number of hydrogen-bond acceptors (Lipinski definition) is 3. The first kappa shape index (κ1) is 12.9. The number of aryl methyl sites for hydroxylation is 1. The number of aromatic nitrogens is 1. The molecule has 1 saturated carbocycles. The quantitative estimate of drug-likeness (QED) is 0.866. The molecule has 1 aliphatic carbocycles. The van der Waals surface area contributed by atoms with E-state index >= 15 is 0 Å². The lowest BCUT2D eigenvalue weighted by Gasteiger charge is -2.26. The number of benzene rings is 1. The summed E-state index contributed by atoms with van der Waals surface area (Å²) in [5.74, 6) is 1.77. The first-order valence-corrected chi connectivity index (χ1v) is 8.13. The van der Waals surface area contributed by atoms with Crippen LogP contribution in [0.3, 0.4) is 0 Å². The van der Waals surface area contributed by atoms with Gasteiger partial charge in [0.25, 0.3) is 0 Å². The lowest BCUT2D eigenvalue weighted by atomic mass is 9.83. The van der Waals surface area contributed by atoms with E-state index in [1.807, 2.05) is 0 Å². The van der Waals surface area contributed by atoms with Gasteiger partial charge in [0.2, 0.25) is 0 Å². The molecule has 0 unspecified atom stereocenters. The summed E-state index contributed by atoms with van der Waals surface area (Å²) in [6.07, 6.45) is 5.53. The Bertz CT molecular complexity index is 553. The van der Waals surface area contributed by atoms with E-state index < -0.39 is 0 Å². The molecule has 1 aromatic carbocycles. The molecular weight excluding hydrogens is 252 g/mol. The molecule has 0 aliphatic heterocycles. The summed E-state index contributed by atoms with van der Waals surface area (Å²) in [7, 11) is 0. The summed E-state index contributed by atoms with van der Waals surface area (Å²) in [6.45, 7) is 5.58. The van der Waals surface area contributed by atoms with Crippen molar-refractivity contribution < 1.29 is 0 Å². The van der Waals surface area contributed by atoms with E-state index in [1.165, 1.54) is 35.9 Å². The number of nitrogens with one attached hydrogen (secondary N) is 1. The fraction of sp³-hybridized carbons (Fsp3) is 0.562. The second-order valence-electron chi connectivity index (χ2n) is 6.00. The zero-order valence-corrected chi connectivity index (χ0v) is 12.6. The summed E-state index contributed by atoms with van der Waals surface area (Å²) < 4.78 is 1.28. The maximum atomic E-state index is 4.68. The number of thiazole rings is 1. The van der Waals surface area contributed by atoms with Crippen LogP contribution in [0.15, 0.2) is 18.2 Å². The van der Waals surface area contributed by atoms with Crippen molar-refractivity contribution in [1.29, 1.82) is 0 Å². The molecule has 2 aromatic rings. The summed E-state index contributed by atoms with van der Waals surface area (Å²) in [4.78, 5) is 4.68. The van der Waals surface area contributed by atoms with Gasteiger partial charge in [-0.05, 0) is 49.3 Å². The number of fused-ring (bicyclic) bond motifs is 1. The molecule has 2 nitrogen and oxygen atoms in total. The molecule has 0 bridgehead atoms. The molecule has 1 N–H and O–H groups in total. The van der Waals surface area contributed by atoms with E-state index in [4.69, 9.17) is 0 Å². The van der Waals surface area contributed by atoms with E-state index in [0.29, 0.717) is 0 Å². The highest BCUT2D eigenvalue weighted by molar-refractivity contribution is 7.22. The zero-order valence-electron chi connectivity index (χ0n) is 11.8. The number of nitrogens with zero attached hydrogens (tertiary/aromatic N) is 1. The van der Waals surface area contributed by atoms with Crippen LogP contribution in [0.1, 0.15) is 38.2 Å². The third-order valence-corrected chi connectivity index (χ3v) is 5.21. The zero-order chi connectivity index (χ0) is 13.2. The van der Waals surface area contributed by atoms with E-state index in [-0.39, 0.29) is 0 Å². The van der Waals surface area contributed by atoms with Crippen LogP contribution in [0.2, 0.25) is 0 Å². The molecule has 1 aromatic heterocycles. The average Bonchev–Trinajstić information content (AvgIpc) is 2.80. The van der Waals surface area contributed by atoms with Crippen LogP contribution in [-0.2, 0) is 0 Å². The second-order valence-corrected chi connectivity index (χ2v) is 7.03. The molecular formula is C16H22N2S. The van der Waals surface area contributed by atoms with Crippen LogP contribution in [0, 0.1) is 18.8 Å². The molecule has 102 valence electrons. The fourth-order valence-electron chi connectivity index (χ4n) is 2.88. The third-order valence-electron chi connectivity index (χ3n) is 4.22. The Morgan fingerprint density at radius 2 is 2.05 bits per heavy atom. The number of rotatable bonds is 3. The molecule has 3 rings (SSSR count). The highest BCUT2D eigenvalue weighted by Gasteiger charge is 2.18. The molecule has 0 amide bonds. The summed E-state index contributed by atoms with van der Waals surface area (Å²) in [5, 5.41) is 4.63. The summed E-state index contributed by atoms with van der Waals surface area (Å²) in [6, 6.07) is 6.50. The van der Waals surface area contributed by atoms with E-state index in [1.54, 1.807) is 11.3 Å². The second kappa shape index (κ2) is 5.49. The fourth-order valence-corrected chi connectivity index (χ4v) is 3.73. The van der Waals surface area contributed by atoms with Gasteiger partial charge in [0.05, 0.1) is 10.2 Å². The summed E-state index contributed by atoms with van der Waals surface area (Å²) in [5.41, 5.74) is 2.41. The smallest absolute Gasteiger partial charge is 0.183 e. The minimum Gasteiger partial charge on any atom is -0.361 e. The highest BCUT2D eigenvalue weighted by Crippen LogP contribution is 2.30. The van der Waals surface area contributed by atoms with E-state index in [2.05, 4.69) is 42.3 Å². The van der Waals surface area contributed by atoms with Gasteiger partial charge in [-0.25, -0.2) is 4.98 Å². The minimum absolute atomic E-state index is 0.838. The Kier molecular flexibility index (Phi) is 3.74. The molecule has 0 radical (unpaired) electrons. The molecule has 1 aliphatic rings. The van der Waals surface area contributed by atoms with Crippen LogP contribution >= 0.6 is 11.3 Å². The maximum Gasteiger partial charge on any atom is 0.183 e. The lowest BCUT2D eigenvalue weighted by molar-refractivity contribution is 0.300. The highest BCUT2D eigenvalue weighted by atomic mass is 32.1. The maximum absolute atomic E-state index is 4.68. The number of anilines is 1. The molecule has 0 saturated heterocycles. The van der Waals surface area contributed by atoms with Gasteiger partial charge in [-0.1, -0.05) is 37.2 Å². The van der Waals surface area contributed by atoms with Crippen molar-refractivity contribution >= 4 is 26.7 Å². The molecule has 0 spiro atoms. The van der Waals surface area contributed by atoms with Crippen molar-refractivity contribution in [3.63, 3.8) is 0 Å². The molecule has 0 atom stereocenters. The Labute approximate surface area is 119 Å². The SMILES string of the molecule is Cc1ccc2sc(NCC3CCC(C)CC3)nc2c1. The molecule has 1 fully saturated rings. The van der Waals surface area contributed by atoms with Gasteiger partial charge in [0.15, 0.2) is 5.13 Å². The molecule has 1 heterocycles. The topological polar surface area (TPSA) is 24.9 Å². The Morgan fingerprint density at radius 3 is 2.84 bits per heavy atom. The summed E-state index contributed by atoms with van der Waals surface area (Å²) >= 11 is 1.77. The van der Waals surface area contributed by atoms with Crippen molar-refractivity contribution in [2.45, 2.75) is 39.5 Å². The normalized spacial score (nSPS) is 23.7. The molecule has 19 heavy (non-hydrogen) atoms. The van der Waals surface area contributed by atoms with Crippen molar-refractivity contribution in [2.75, 3.05) is 11.9 Å². The van der Waals surface area contributed by atoms with Gasteiger partial charge in [0.1, 0.15) is 0 Å².